The van der Waals surface area contributed by atoms with Crippen molar-refractivity contribution in [2.24, 2.45) is 0 Å². The first-order valence-corrected chi connectivity index (χ1v) is 11.6. The van der Waals surface area contributed by atoms with Crippen molar-refractivity contribution in [3.05, 3.63) is 48.5 Å². The smallest absolute Gasteiger partial charge is 0.248 e. The molecule has 3 rings (SSSR count). The van der Waals surface area contributed by atoms with E-state index in [0.29, 0.717) is 55.8 Å². The average Bonchev–Trinajstić information content (AvgIpc) is 2.84. The van der Waals surface area contributed by atoms with Gasteiger partial charge in [-0.05, 0) is 30.7 Å². The van der Waals surface area contributed by atoms with Crippen molar-refractivity contribution in [2.75, 3.05) is 60.3 Å². The second kappa shape index (κ2) is 13.1. The van der Waals surface area contributed by atoms with Gasteiger partial charge < -0.3 is 33.3 Å². The molecule has 0 atom stereocenters. The molecule has 2 aromatic carbocycles. The van der Waals surface area contributed by atoms with Crippen LogP contribution in [0.4, 0.5) is 0 Å². The molecule has 0 saturated carbocycles. The Bertz CT molecular complexity index is 847. The van der Waals surface area contributed by atoms with Crippen molar-refractivity contribution < 1.29 is 33.2 Å². The lowest BCUT2D eigenvalue weighted by molar-refractivity contribution is -0.148. The Morgan fingerprint density at radius 1 is 0.824 bits per heavy atom. The molecule has 0 saturated heterocycles. The zero-order valence-corrected chi connectivity index (χ0v) is 20.3. The first-order chi connectivity index (χ1) is 16.5. The van der Waals surface area contributed by atoms with Crippen LogP contribution < -0.4 is 18.9 Å². The first kappa shape index (κ1) is 25.6. The lowest BCUT2D eigenvalue weighted by Crippen LogP contribution is -2.47. The zero-order chi connectivity index (χ0) is 24.2. The molecule has 0 spiro atoms. The molecule has 2 aromatic rings. The number of nitrogens with zero attached hydrogens (tertiary/aromatic N) is 1. The predicted molar refractivity (Wildman–Crippen MR) is 128 cm³/mol. The summed E-state index contributed by atoms with van der Waals surface area (Å²) in [4.78, 5) is 13.8. The molecular weight excluding hydrogens is 438 g/mol. The minimum absolute atomic E-state index is 0.0760. The van der Waals surface area contributed by atoms with Gasteiger partial charge >= 0.3 is 0 Å². The van der Waals surface area contributed by atoms with Crippen molar-refractivity contribution in [3.63, 3.8) is 0 Å². The van der Waals surface area contributed by atoms with Crippen LogP contribution in [0.1, 0.15) is 19.8 Å². The third-order valence-electron chi connectivity index (χ3n) is 5.36. The lowest BCUT2D eigenvalue weighted by atomic mass is 9.99. The highest BCUT2D eigenvalue weighted by Crippen LogP contribution is 2.32. The van der Waals surface area contributed by atoms with Gasteiger partial charge in [-0.2, -0.15) is 0 Å². The summed E-state index contributed by atoms with van der Waals surface area (Å²) in [6.45, 7) is 3.96. The fourth-order valence-electron chi connectivity index (χ4n) is 3.46. The number of likely N-dealkylation sites (N-methyl/N-ethyl adjacent to an activating group) is 1. The maximum Gasteiger partial charge on any atom is 0.248 e. The molecule has 0 radical (unpaired) electrons. The molecule has 186 valence electrons. The van der Waals surface area contributed by atoms with E-state index >= 15 is 0 Å². The Morgan fingerprint density at radius 2 is 1.29 bits per heavy atom. The van der Waals surface area contributed by atoms with Gasteiger partial charge in [0.25, 0.3) is 0 Å². The molecule has 1 heterocycles. The Labute approximate surface area is 201 Å². The van der Waals surface area contributed by atoms with Crippen LogP contribution in [0.3, 0.4) is 0 Å². The van der Waals surface area contributed by atoms with E-state index in [-0.39, 0.29) is 25.7 Å². The van der Waals surface area contributed by atoms with Gasteiger partial charge in [-0.1, -0.05) is 37.6 Å². The third-order valence-corrected chi connectivity index (χ3v) is 5.36. The highest BCUT2D eigenvalue weighted by Gasteiger charge is 2.35. The van der Waals surface area contributed by atoms with Gasteiger partial charge in [-0.3, -0.25) is 4.79 Å². The van der Waals surface area contributed by atoms with E-state index in [4.69, 9.17) is 28.4 Å². The van der Waals surface area contributed by atoms with Gasteiger partial charge in [0, 0.05) is 14.1 Å². The molecule has 1 aliphatic rings. The summed E-state index contributed by atoms with van der Waals surface area (Å²) < 4.78 is 36.0. The number of carbonyl (C=O) groups excluding carboxylic acids is 1. The summed E-state index contributed by atoms with van der Waals surface area (Å²) in [6.07, 6.45) is 1.45. The van der Waals surface area contributed by atoms with Crippen molar-refractivity contribution in [3.8, 4) is 23.0 Å². The number of benzene rings is 2. The number of carbonyl (C=O) groups is 1. The monoisotopic (exact) mass is 473 g/mol. The predicted octanol–water partition coefficient (Wildman–Crippen LogP) is 3.58. The molecule has 0 fully saturated rings. The fourth-order valence-corrected chi connectivity index (χ4v) is 3.46. The standard InChI is InChI=1S/C26H35NO7/c1-4-13-26(34-18-25(28)27(2)3)19-32-23-11-7-5-9-21(23)30-16-14-29-15-17-31-22-10-6-8-12-24(22)33-20-26/h5-12H,4,13-20H2,1-3H3. The third kappa shape index (κ3) is 7.53. The fraction of sp³-hybridized carbons (Fsp3) is 0.500. The van der Waals surface area contributed by atoms with Gasteiger partial charge in [-0.25, -0.2) is 0 Å². The second-order valence-corrected chi connectivity index (χ2v) is 8.29. The van der Waals surface area contributed by atoms with Crippen LogP contribution in [-0.4, -0.2) is 76.8 Å². The highest BCUT2D eigenvalue weighted by atomic mass is 16.6. The maximum absolute atomic E-state index is 12.3. The topological polar surface area (TPSA) is 75.7 Å². The SMILES string of the molecule is CCCC1(OCC(=O)N(C)C)COc2ccccc2OCCOCCOc2ccccc2OC1. The largest absolute Gasteiger partial charge is 0.487 e. The molecule has 1 aliphatic heterocycles. The molecule has 34 heavy (non-hydrogen) atoms. The van der Waals surface area contributed by atoms with Gasteiger partial charge in [0.05, 0.1) is 13.2 Å². The van der Waals surface area contributed by atoms with Crippen LogP contribution in [0, 0.1) is 0 Å². The molecule has 8 heteroatoms. The number of fused-ring (bicyclic) bond motifs is 2. The number of rotatable bonds is 5. The number of amides is 1. The van der Waals surface area contributed by atoms with E-state index < -0.39 is 5.60 Å². The minimum atomic E-state index is -0.860. The molecule has 8 nitrogen and oxygen atoms in total. The average molecular weight is 474 g/mol. The summed E-state index contributed by atoms with van der Waals surface area (Å²) >= 11 is 0. The second-order valence-electron chi connectivity index (χ2n) is 8.29. The Kier molecular flexibility index (Phi) is 9.85. The van der Waals surface area contributed by atoms with E-state index in [0.717, 1.165) is 6.42 Å². The Balaban J connectivity index is 1.88. The van der Waals surface area contributed by atoms with E-state index in [1.165, 1.54) is 4.90 Å². The molecule has 0 aliphatic carbocycles. The summed E-state index contributed by atoms with van der Waals surface area (Å²) in [6, 6.07) is 15.0. The van der Waals surface area contributed by atoms with Crippen LogP contribution in [0.5, 0.6) is 23.0 Å². The van der Waals surface area contributed by atoms with Crippen LogP contribution in [0.25, 0.3) is 0 Å². The van der Waals surface area contributed by atoms with Gasteiger partial charge in [0.2, 0.25) is 5.91 Å². The number of ether oxygens (including phenoxy) is 6. The minimum Gasteiger partial charge on any atom is -0.487 e. The number of hydrogen-bond donors (Lipinski definition) is 0. The van der Waals surface area contributed by atoms with Crippen molar-refractivity contribution in [2.45, 2.75) is 25.4 Å². The van der Waals surface area contributed by atoms with Gasteiger partial charge in [0.1, 0.15) is 38.6 Å². The number of para-hydroxylation sites is 4. The quantitative estimate of drug-likeness (QED) is 0.657. The van der Waals surface area contributed by atoms with Crippen LogP contribution in [0.2, 0.25) is 0 Å². The van der Waals surface area contributed by atoms with E-state index in [2.05, 4.69) is 6.92 Å². The zero-order valence-electron chi connectivity index (χ0n) is 20.3. The van der Waals surface area contributed by atoms with Crippen molar-refractivity contribution >= 4 is 5.91 Å². The van der Waals surface area contributed by atoms with Crippen LogP contribution in [-0.2, 0) is 14.3 Å². The number of hydrogen-bond acceptors (Lipinski definition) is 7. The normalized spacial score (nSPS) is 16.4. The summed E-state index contributed by atoms with van der Waals surface area (Å²) in [5.41, 5.74) is -0.860. The molecule has 0 bridgehead atoms. The summed E-state index contributed by atoms with van der Waals surface area (Å²) in [5, 5.41) is 0. The van der Waals surface area contributed by atoms with E-state index in [1.807, 2.05) is 48.5 Å². The Hall–Kier alpha value is -2.97. The van der Waals surface area contributed by atoms with Crippen LogP contribution in [0.15, 0.2) is 48.5 Å². The first-order valence-electron chi connectivity index (χ1n) is 11.6. The highest BCUT2D eigenvalue weighted by molar-refractivity contribution is 5.76. The van der Waals surface area contributed by atoms with Crippen LogP contribution >= 0.6 is 0 Å². The van der Waals surface area contributed by atoms with Crippen molar-refractivity contribution in [1.29, 1.82) is 0 Å². The van der Waals surface area contributed by atoms with Gasteiger partial charge in [-0.15, -0.1) is 0 Å². The van der Waals surface area contributed by atoms with Crippen molar-refractivity contribution in [1.82, 2.24) is 4.90 Å². The van der Waals surface area contributed by atoms with E-state index in [1.54, 1.807) is 14.1 Å². The molecule has 0 unspecified atom stereocenters. The summed E-state index contributed by atoms with van der Waals surface area (Å²) in [7, 11) is 3.41. The molecule has 0 aromatic heterocycles. The van der Waals surface area contributed by atoms with E-state index in [9.17, 15) is 4.79 Å². The van der Waals surface area contributed by atoms with Gasteiger partial charge in [0.15, 0.2) is 23.0 Å². The maximum atomic E-state index is 12.3. The molecular formula is C26H35NO7. The summed E-state index contributed by atoms with van der Waals surface area (Å²) in [5.74, 6) is 2.31. The molecule has 1 amide bonds. The lowest BCUT2D eigenvalue weighted by Gasteiger charge is -2.34. The Morgan fingerprint density at radius 3 is 1.74 bits per heavy atom. The molecule has 0 N–H and O–H groups in total.